The van der Waals surface area contributed by atoms with Crippen LogP contribution in [-0.2, 0) is 11.2 Å². The van der Waals surface area contributed by atoms with Crippen LogP contribution < -0.4 is 10.7 Å². The number of hydrogen-bond donors (Lipinski definition) is 2. The van der Waals surface area contributed by atoms with Crippen molar-refractivity contribution in [1.82, 2.24) is 19.7 Å². The van der Waals surface area contributed by atoms with Crippen molar-refractivity contribution in [1.29, 1.82) is 0 Å². The van der Waals surface area contributed by atoms with Crippen LogP contribution in [-0.4, -0.2) is 77.6 Å². The van der Waals surface area contributed by atoms with E-state index in [1.54, 1.807) is 30.5 Å². The van der Waals surface area contributed by atoms with Gasteiger partial charge in [0.1, 0.15) is 17.9 Å². The molecule has 0 bridgehead atoms. The third-order valence-electron chi connectivity index (χ3n) is 8.68. The van der Waals surface area contributed by atoms with Crippen LogP contribution in [0.5, 0.6) is 0 Å². The lowest BCUT2D eigenvalue weighted by atomic mass is 10.0. The summed E-state index contributed by atoms with van der Waals surface area (Å²) in [5.41, 5.74) is 6.07. The summed E-state index contributed by atoms with van der Waals surface area (Å²) in [5.74, 6) is -1.79. The van der Waals surface area contributed by atoms with Gasteiger partial charge in [-0.2, -0.15) is 9.89 Å². The fourth-order valence-electron chi connectivity index (χ4n) is 6.23. The lowest BCUT2D eigenvalue weighted by molar-refractivity contribution is 0.0342. The van der Waals surface area contributed by atoms with Gasteiger partial charge in [0, 0.05) is 37.2 Å². The normalized spacial score (nSPS) is 17.5. The van der Waals surface area contributed by atoms with Crippen molar-refractivity contribution in [3.05, 3.63) is 94.7 Å². The molecule has 0 aliphatic carbocycles. The van der Waals surface area contributed by atoms with E-state index < -0.39 is 17.5 Å². The first-order valence-corrected chi connectivity index (χ1v) is 15.4. The van der Waals surface area contributed by atoms with Crippen molar-refractivity contribution in [3.8, 4) is 0 Å². The highest BCUT2D eigenvalue weighted by atomic mass is 19.1. The van der Waals surface area contributed by atoms with Gasteiger partial charge in [-0.25, -0.2) is 14.2 Å². The zero-order valence-corrected chi connectivity index (χ0v) is 25.6. The van der Waals surface area contributed by atoms with Gasteiger partial charge in [-0.3, -0.25) is 9.59 Å². The maximum atomic E-state index is 13.8. The van der Waals surface area contributed by atoms with Crippen LogP contribution in [0.4, 0.5) is 14.5 Å². The number of carbonyl (C=O) groups is 2. The molecule has 2 N–H and O–H groups in total. The molecule has 3 aromatic carbocycles. The molecular formula is C34H38F2N6O3. The number of benzene rings is 3. The summed E-state index contributed by atoms with van der Waals surface area (Å²) in [4.78, 5) is 33.1. The molecule has 236 valence electrons. The minimum atomic E-state index is -0.620. The quantitative estimate of drug-likeness (QED) is 0.276. The Morgan fingerprint density at radius 1 is 0.956 bits per heavy atom. The van der Waals surface area contributed by atoms with Gasteiger partial charge in [-0.1, -0.05) is 12.1 Å². The zero-order valence-electron chi connectivity index (χ0n) is 25.6. The fraction of sp³-hybridized carbons (Fsp3) is 0.382. The maximum Gasteiger partial charge on any atom is 0.273 e. The van der Waals surface area contributed by atoms with Crippen LogP contribution in [0.25, 0.3) is 10.9 Å². The van der Waals surface area contributed by atoms with Gasteiger partial charge in [0.15, 0.2) is 0 Å². The van der Waals surface area contributed by atoms with Crippen molar-refractivity contribution in [2.24, 2.45) is 0 Å². The number of para-hydroxylation sites is 1. The second-order valence-electron chi connectivity index (χ2n) is 12.1. The Labute approximate surface area is 261 Å². The number of piperidine rings is 1. The fourth-order valence-corrected chi connectivity index (χ4v) is 6.23. The van der Waals surface area contributed by atoms with Gasteiger partial charge in [0.25, 0.3) is 11.8 Å². The van der Waals surface area contributed by atoms with E-state index in [-0.39, 0.29) is 12.1 Å². The number of nitrogens with one attached hydrogen (secondary N) is 2. The van der Waals surface area contributed by atoms with E-state index >= 15 is 0 Å². The predicted octanol–water partition coefficient (Wildman–Crippen LogP) is 5.39. The molecule has 2 saturated heterocycles. The Hall–Kier alpha value is -4.35. The first-order chi connectivity index (χ1) is 21.7. The molecule has 2 fully saturated rings. The van der Waals surface area contributed by atoms with Gasteiger partial charge in [0.05, 0.1) is 28.5 Å². The van der Waals surface area contributed by atoms with Gasteiger partial charge < -0.3 is 19.9 Å². The molecule has 2 amide bonds. The van der Waals surface area contributed by atoms with E-state index in [0.29, 0.717) is 60.1 Å². The number of rotatable bonds is 8. The molecule has 45 heavy (non-hydrogen) atoms. The first kappa shape index (κ1) is 30.7. The summed E-state index contributed by atoms with van der Waals surface area (Å²) in [6, 6.07) is 14.6. The van der Waals surface area contributed by atoms with E-state index in [2.05, 4.69) is 34.8 Å². The second kappa shape index (κ2) is 13.3. The molecule has 1 atom stereocenters. The largest absolute Gasteiger partial charge is 0.359 e. The Kier molecular flexibility index (Phi) is 9.09. The lowest BCUT2D eigenvalue weighted by Gasteiger charge is -2.36. The summed E-state index contributed by atoms with van der Waals surface area (Å²) < 4.78 is 33.3. The molecule has 11 heteroatoms. The number of carbonyl (C=O) groups excluding carboxylic acids is 2. The van der Waals surface area contributed by atoms with Crippen molar-refractivity contribution < 1.29 is 23.1 Å². The lowest BCUT2D eigenvalue weighted by Crippen LogP contribution is -2.44. The molecule has 9 nitrogen and oxygen atoms in total. The Balaban J connectivity index is 1.25. The molecule has 0 spiro atoms. The SMILES string of the molecule is CN(C)C1CCN(C(=O)c2cccc(C(=O)Nn3ncc4cc(Cc5cc(F)cc(F)c5)ccc43)c2NC2CCCCO2)CC1. The van der Waals surface area contributed by atoms with Crippen LogP contribution in [0.15, 0.2) is 60.8 Å². The third-order valence-corrected chi connectivity index (χ3v) is 8.68. The minimum absolute atomic E-state index is 0.115. The molecule has 3 heterocycles. The summed E-state index contributed by atoms with van der Waals surface area (Å²) >= 11 is 0. The monoisotopic (exact) mass is 616 g/mol. The van der Waals surface area contributed by atoms with Crippen LogP contribution in [0, 0.1) is 11.6 Å². The molecule has 0 radical (unpaired) electrons. The summed E-state index contributed by atoms with van der Waals surface area (Å²) in [5, 5.41) is 8.51. The van der Waals surface area contributed by atoms with Crippen molar-refractivity contribution in [3.63, 3.8) is 0 Å². The molecule has 0 saturated carbocycles. The Bertz CT molecular complexity index is 1670. The predicted molar refractivity (Wildman–Crippen MR) is 169 cm³/mol. The van der Waals surface area contributed by atoms with Crippen molar-refractivity contribution in [2.45, 2.75) is 50.8 Å². The van der Waals surface area contributed by atoms with Crippen molar-refractivity contribution >= 4 is 28.4 Å². The highest BCUT2D eigenvalue weighted by Gasteiger charge is 2.29. The number of anilines is 1. The highest BCUT2D eigenvalue weighted by Crippen LogP contribution is 2.28. The molecule has 4 aromatic rings. The average molecular weight is 617 g/mol. The van der Waals surface area contributed by atoms with Gasteiger partial charge >= 0.3 is 0 Å². The van der Waals surface area contributed by atoms with Crippen LogP contribution in [0.3, 0.4) is 0 Å². The number of nitrogens with zero attached hydrogens (tertiary/aromatic N) is 4. The third kappa shape index (κ3) is 6.99. The summed E-state index contributed by atoms with van der Waals surface area (Å²) in [7, 11) is 4.13. The smallest absolute Gasteiger partial charge is 0.273 e. The van der Waals surface area contributed by atoms with Gasteiger partial charge in [-0.15, -0.1) is 0 Å². The number of ether oxygens (including phenoxy) is 1. The average Bonchev–Trinajstić information content (AvgIpc) is 3.42. The maximum absolute atomic E-state index is 13.8. The van der Waals surface area contributed by atoms with Crippen LogP contribution in [0.1, 0.15) is 63.9 Å². The zero-order chi connectivity index (χ0) is 31.5. The highest BCUT2D eigenvalue weighted by molar-refractivity contribution is 6.10. The van der Waals surface area contributed by atoms with E-state index in [4.69, 9.17) is 4.74 Å². The minimum Gasteiger partial charge on any atom is -0.359 e. The van der Waals surface area contributed by atoms with Crippen molar-refractivity contribution in [2.75, 3.05) is 44.5 Å². The van der Waals surface area contributed by atoms with E-state index in [1.165, 1.54) is 16.9 Å². The number of fused-ring (bicyclic) bond motifs is 1. The molecule has 1 unspecified atom stereocenters. The Morgan fingerprint density at radius 2 is 1.71 bits per heavy atom. The molecule has 2 aliphatic rings. The topological polar surface area (TPSA) is 91.7 Å². The van der Waals surface area contributed by atoms with Crippen LogP contribution in [0.2, 0.25) is 0 Å². The molecule has 2 aliphatic heterocycles. The second-order valence-corrected chi connectivity index (χ2v) is 12.1. The number of halogens is 2. The van der Waals surface area contributed by atoms with Gasteiger partial charge in [-0.05, 0) is 100 Å². The Morgan fingerprint density at radius 3 is 2.42 bits per heavy atom. The molecule has 1 aromatic heterocycles. The van der Waals surface area contributed by atoms with Crippen LogP contribution >= 0.6 is 0 Å². The summed E-state index contributed by atoms with van der Waals surface area (Å²) in [6.45, 7) is 1.91. The first-order valence-electron chi connectivity index (χ1n) is 15.4. The number of amides is 2. The van der Waals surface area contributed by atoms with E-state index in [0.717, 1.165) is 49.1 Å². The number of likely N-dealkylation sites (tertiary alicyclic amines) is 1. The number of aromatic nitrogens is 2. The summed E-state index contributed by atoms with van der Waals surface area (Å²) in [6.07, 6.45) is 6.16. The molecular weight excluding hydrogens is 578 g/mol. The molecule has 6 rings (SSSR count). The van der Waals surface area contributed by atoms with E-state index in [9.17, 15) is 18.4 Å². The van der Waals surface area contributed by atoms with E-state index in [1.807, 2.05) is 17.0 Å². The van der Waals surface area contributed by atoms with Gasteiger partial charge in [0.2, 0.25) is 0 Å². The number of hydrogen-bond acceptors (Lipinski definition) is 6. The standard InChI is InChI=1S/C34H38F2N6O3/c1-40(2)27-11-13-41(14-12-27)34(44)29-7-5-6-28(32(29)38-31-8-3-4-15-45-31)33(43)39-42-30-10-9-22(17-24(30)21-37-42)16-23-18-25(35)20-26(36)19-23/h5-7,9-10,17-21,27,31,38H,3-4,8,11-16H2,1-2H3,(H,39,43).